The minimum absolute atomic E-state index is 0.0185. The van der Waals surface area contributed by atoms with Crippen LogP contribution in [0.5, 0.6) is 0 Å². The predicted octanol–water partition coefficient (Wildman–Crippen LogP) is 3.56. The second kappa shape index (κ2) is 6.11. The summed E-state index contributed by atoms with van der Waals surface area (Å²) in [6, 6.07) is 16.0. The number of benzene rings is 2. The van der Waals surface area contributed by atoms with Crippen molar-refractivity contribution < 1.29 is 9.72 Å². The highest BCUT2D eigenvalue weighted by Gasteiger charge is 2.35. The van der Waals surface area contributed by atoms with E-state index in [9.17, 15) is 14.9 Å². The molecule has 0 bridgehead atoms. The van der Waals surface area contributed by atoms with Gasteiger partial charge in [-0.15, -0.1) is 0 Å². The summed E-state index contributed by atoms with van der Waals surface area (Å²) in [6.45, 7) is 1.86. The van der Waals surface area contributed by atoms with E-state index in [2.05, 4.69) is 10.4 Å². The molecule has 0 saturated heterocycles. The van der Waals surface area contributed by atoms with Gasteiger partial charge in [-0.25, -0.2) is 4.68 Å². The van der Waals surface area contributed by atoms with Gasteiger partial charge in [-0.1, -0.05) is 36.4 Å². The van der Waals surface area contributed by atoms with Crippen molar-refractivity contribution in [3.8, 4) is 5.69 Å². The van der Waals surface area contributed by atoms with E-state index in [-0.39, 0.29) is 18.0 Å². The molecule has 1 aliphatic rings. The zero-order valence-electron chi connectivity index (χ0n) is 14.0. The molecule has 2 heterocycles. The van der Waals surface area contributed by atoms with Crippen molar-refractivity contribution in [3.63, 3.8) is 0 Å². The number of para-hydroxylation sites is 2. The van der Waals surface area contributed by atoms with Gasteiger partial charge in [-0.3, -0.25) is 14.9 Å². The highest BCUT2D eigenvalue weighted by molar-refractivity contribution is 5.95. The Kier molecular flexibility index (Phi) is 3.76. The molecule has 1 atom stereocenters. The van der Waals surface area contributed by atoms with Crippen LogP contribution < -0.4 is 5.32 Å². The SMILES string of the molecule is Cc1nn(-c2ccccc2)c2c1[C@H](c1ccccc1[N+](=O)[O-])CC(=O)N2. The van der Waals surface area contributed by atoms with Gasteiger partial charge >= 0.3 is 0 Å². The maximum Gasteiger partial charge on any atom is 0.273 e. The summed E-state index contributed by atoms with van der Waals surface area (Å²) in [5.74, 6) is -0.0105. The number of nitrogens with one attached hydrogen (secondary N) is 1. The van der Waals surface area contributed by atoms with Gasteiger partial charge in [0, 0.05) is 29.5 Å². The van der Waals surface area contributed by atoms with Crippen LogP contribution in [0.4, 0.5) is 11.5 Å². The summed E-state index contributed by atoms with van der Waals surface area (Å²) in [7, 11) is 0. The number of nitro groups is 1. The average molecular weight is 348 g/mol. The second-order valence-electron chi connectivity index (χ2n) is 6.22. The molecule has 4 rings (SSSR count). The number of fused-ring (bicyclic) bond motifs is 1. The smallest absolute Gasteiger partial charge is 0.273 e. The number of carbonyl (C=O) groups excluding carboxylic acids is 1. The van der Waals surface area contributed by atoms with E-state index in [1.54, 1.807) is 22.9 Å². The average Bonchev–Trinajstić information content (AvgIpc) is 2.98. The molecule has 0 saturated carbocycles. The van der Waals surface area contributed by atoms with Gasteiger partial charge < -0.3 is 5.32 Å². The number of hydrogen-bond acceptors (Lipinski definition) is 4. The van der Waals surface area contributed by atoms with Crippen LogP contribution in [0.25, 0.3) is 5.69 Å². The van der Waals surface area contributed by atoms with E-state index < -0.39 is 10.8 Å². The quantitative estimate of drug-likeness (QED) is 0.579. The number of hydrogen-bond donors (Lipinski definition) is 1. The number of rotatable bonds is 3. The molecule has 7 nitrogen and oxygen atoms in total. The van der Waals surface area contributed by atoms with Crippen LogP contribution in [0, 0.1) is 17.0 Å². The van der Waals surface area contributed by atoms with Crippen LogP contribution >= 0.6 is 0 Å². The fourth-order valence-corrected chi connectivity index (χ4v) is 3.52. The summed E-state index contributed by atoms with van der Waals surface area (Å²) in [5, 5.41) is 18.9. The zero-order valence-corrected chi connectivity index (χ0v) is 14.0. The van der Waals surface area contributed by atoms with E-state index in [1.165, 1.54) is 6.07 Å². The Bertz CT molecular complexity index is 1010. The van der Waals surface area contributed by atoms with Crippen molar-refractivity contribution >= 4 is 17.4 Å². The minimum Gasteiger partial charge on any atom is -0.310 e. The first kappa shape index (κ1) is 16.0. The number of nitrogens with zero attached hydrogens (tertiary/aromatic N) is 3. The lowest BCUT2D eigenvalue weighted by Gasteiger charge is -2.24. The van der Waals surface area contributed by atoms with Gasteiger partial charge in [0.25, 0.3) is 5.69 Å². The molecule has 1 amide bonds. The van der Waals surface area contributed by atoms with Crippen molar-refractivity contribution in [2.75, 3.05) is 5.32 Å². The normalized spacial score (nSPS) is 16.0. The van der Waals surface area contributed by atoms with Crippen LogP contribution in [-0.2, 0) is 4.79 Å². The van der Waals surface area contributed by atoms with Gasteiger partial charge in [0.05, 0.1) is 16.3 Å². The lowest BCUT2D eigenvalue weighted by Crippen LogP contribution is -2.25. The van der Waals surface area contributed by atoms with Crippen LogP contribution in [0.2, 0.25) is 0 Å². The minimum atomic E-state index is -0.405. The third-order valence-electron chi connectivity index (χ3n) is 4.61. The monoisotopic (exact) mass is 348 g/mol. The highest BCUT2D eigenvalue weighted by atomic mass is 16.6. The Morgan fingerprint density at radius 3 is 2.58 bits per heavy atom. The van der Waals surface area contributed by atoms with Crippen molar-refractivity contribution in [1.82, 2.24) is 9.78 Å². The molecule has 2 aromatic carbocycles. The first-order chi connectivity index (χ1) is 12.6. The maximum atomic E-state index is 12.4. The number of carbonyl (C=O) groups is 1. The number of amides is 1. The fourth-order valence-electron chi connectivity index (χ4n) is 3.52. The number of nitro benzene ring substituents is 1. The van der Waals surface area contributed by atoms with E-state index >= 15 is 0 Å². The molecule has 3 aromatic rings. The summed E-state index contributed by atoms with van der Waals surface area (Å²) in [5.41, 5.74) is 2.93. The molecule has 1 N–H and O–H groups in total. The first-order valence-corrected chi connectivity index (χ1v) is 8.24. The van der Waals surface area contributed by atoms with E-state index in [1.807, 2.05) is 37.3 Å². The van der Waals surface area contributed by atoms with E-state index in [4.69, 9.17) is 0 Å². The second-order valence-corrected chi connectivity index (χ2v) is 6.22. The third-order valence-corrected chi connectivity index (χ3v) is 4.61. The van der Waals surface area contributed by atoms with Gasteiger partial charge in [-0.05, 0) is 19.1 Å². The van der Waals surface area contributed by atoms with E-state index in [0.717, 1.165) is 16.9 Å². The molecule has 7 heteroatoms. The van der Waals surface area contributed by atoms with Crippen LogP contribution in [0.1, 0.15) is 29.2 Å². The first-order valence-electron chi connectivity index (χ1n) is 8.24. The maximum absolute atomic E-state index is 12.4. The van der Waals surface area contributed by atoms with E-state index in [0.29, 0.717) is 11.4 Å². The lowest BCUT2D eigenvalue weighted by atomic mass is 9.85. The molecule has 0 spiro atoms. The van der Waals surface area contributed by atoms with Gasteiger partial charge in [0.15, 0.2) is 0 Å². The highest BCUT2D eigenvalue weighted by Crippen LogP contribution is 2.42. The molecule has 1 aliphatic heterocycles. The van der Waals surface area contributed by atoms with Gasteiger partial charge in [-0.2, -0.15) is 5.10 Å². The van der Waals surface area contributed by atoms with Gasteiger partial charge in [0.2, 0.25) is 5.91 Å². The Balaban J connectivity index is 1.92. The molecule has 1 aromatic heterocycles. The van der Waals surface area contributed by atoms with Crippen molar-refractivity contribution in [3.05, 3.63) is 81.5 Å². The fraction of sp³-hybridized carbons (Fsp3) is 0.158. The number of anilines is 1. The number of aromatic nitrogens is 2. The Labute approximate surface area is 149 Å². The Hall–Kier alpha value is -3.48. The summed E-state index contributed by atoms with van der Waals surface area (Å²) in [6.07, 6.45) is 0.152. The molecule has 26 heavy (non-hydrogen) atoms. The van der Waals surface area contributed by atoms with Crippen molar-refractivity contribution in [1.29, 1.82) is 0 Å². The standard InChI is InChI=1S/C19H16N4O3/c1-12-18-15(14-9-5-6-10-16(14)23(25)26)11-17(24)20-19(18)22(21-12)13-7-3-2-4-8-13/h2-10,15H,11H2,1H3,(H,20,24)/t15-/m0/s1. The summed E-state index contributed by atoms with van der Waals surface area (Å²) in [4.78, 5) is 23.4. The topological polar surface area (TPSA) is 90.1 Å². The number of aryl methyl sites for hydroxylation is 1. The van der Waals surface area contributed by atoms with Crippen molar-refractivity contribution in [2.45, 2.75) is 19.3 Å². The molecular weight excluding hydrogens is 332 g/mol. The zero-order chi connectivity index (χ0) is 18.3. The summed E-state index contributed by atoms with van der Waals surface area (Å²) >= 11 is 0. The Morgan fingerprint density at radius 1 is 1.15 bits per heavy atom. The Morgan fingerprint density at radius 2 is 1.85 bits per heavy atom. The predicted molar refractivity (Wildman–Crippen MR) is 96.5 cm³/mol. The molecule has 0 radical (unpaired) electrons. The third kappa shape index (κ3) is 2.54. The largest absolute Gasteiger partial charge is 0.310 e. The lowest BCUT2D eigenvalue weighted by molar-refractivity contribution is -0.385. The molecule has 0 unspecified atom stereocenters. The van der Waals surface area contributed by atoms with Crippen LogP contribution in [-0.4, -0.2) is 20.6 Å². The van der Waals surface area contributed by atoms with Crippen LogP contribution in [0.3, 0.4) is 0 Å². The molecular formula is C19H16N4O3. The van der Waals surface area contributed by atoms with Crippen LogP contribution in [0.15, 0.2) is 54.6 Å². The van der Waals surface area contributed by atoms with Crippen molar-refractivity contribution in [2.24, 2.45) is 0 Å². The molecule has 130 valence electrons. The summed E-state index contributed by atoms with van der Waals surface area (Å²) < 4.78 is 1.68. The van der Waals surface area contributed by atoms with Gasteiger partial charge in [0.1, 0.15) is 5.82 Å². The molecule has 0 fully saturated rings. The molecule has 0 aliphatic carbocycles.